The van der Waals surface area contributed by atoms with Crippen LogP contribution in [0.5, 0.6) is 0 Å². The summed E-state index contributed by atoms with van der Waals surface area (Å²) in [6.07, 6.45) is 1.74. The number of esters is 1. The van der Waals surface area contributed by atoms with E-state index in [4.69, 9.17) is 9.47 Å². The second-order valence-electron chi connectivity index (χ2n) is 6.36. The molecule has 2 heterocycles. The van der Waals surface area contributed by atoms with E-state index < -0.39 is 29.5 Å². The Morgan fingerprint density at radius 1 is 1.20 bits per heavy atom. The van der Waals surface area contributed by atoms with Gasteiger partial charge in [0, 0.05) is 12.1 Å². The minimum atomic E-state index is -0.601. The smallest absolute Gasteiger partial charge is 0.410 e. The van der Waals surface area contributed by atoms with Crippen LogP contribution >= 0.6 is 0 Å². The molecule has 2 aliphatic heterocycles. The molecular formula is C14H21NO5. The lowest BCUT2D eigenvalue weighted by atomic mass is 9.80. The maximum atomic E-state index is 12.3. The van der Waals surface area contributed by atoms with Crippen molar-refractivity contribution in [2.24, 2.45) is 11.8 Å². The van der Waals surface area contributed by atoms with Crippen LogP contribution in [0.2, 0.25) is 0 Å². The molecule has 2 aliphatic rings. The predicted octanol–water partition coefficient (Wildman–Crippen LogP) is 1.37. The van der Waals surface area contributed by atoms with E-state index in [1.165, 1.54) is 7.11 Å². The van der Waals surface area contributed by atoms with Gasteiger partial charge in [-0.1, -0.05) is 0 Å². The number of fused-ring (bicyclic) bond motifs is 2. The van der Waals surface area contributed by atoms with Crippen molar-refractivity contribution in [2.75, 3.05) is 7.11 Å². The fourth-order valence-corrected chi connectivity index (χ4v) is 3.30. The summed E-state index contributed by atoms with van der Waals surface area (Å²) in [5, 5.41) is 0. The van der Waals surface area contributed by atoms with Crippen LogP contribution in [0.1, 0.15) is 33.6 Å². The van der Waals surface area contributed by atoms with Gasteiger partial charge >= 0.3 is 12.1 Å². The largest absolute Gasteiger partial charge is 0.469 e. The van der Waals surface area contributed by atoms with E-state index in [9.17, 15) is 14.4 Å². The van der Waals surface area contributed by atoms with E-state index in [0.717, 1.165) is 12.7 Å². The first kappa shape index (κ1) is 14.8. The summed E-state index contributed by atoms with van der Waals surface area (Å²) < 4.78 is 10.1. The minimum absolute atomic E-state index is 0.253. The number of carbonyl (C=O) groups is 3. The Kier molecular flexibility index (Phi) is 3.75. The Balaban J connectivity index is 2.22. The molecule has 6 heteroatoms. The Morgan fingerprint density at radius 3 is 2.30 bits per heavy atom. The number of hydrogen-bond acceptors (Lipinski definition) is 5. The van der Waals surface area contributed by atoms with Crippen LogP contribution in [0, 0.1) is 11.8 Å². The Hall–Kier alpha value is -1.59. The van der Waals surface area contributed by atoms with Crippen molar-refractivity contribution < 1.29 is 23.9 Å². The van der Waals surface area contributed by atoms with Gasteiger partial charge in [-0.05, 0) is 33.6 Å². The number of aldehydes is 1. The van der Waals surface area contributed by atoms with E-state index >= 15 is 0 Å². The summed E-state index contributed by atoms with van der Waals surface area (Å²) in [4.78, 5) is 37.0. The summed E-state index contributed by atoms with van der Waals surface area (Å²) in [5.74, 6) is -1.49. The van der Waals surface area contributed by atoms with Gasteiger partial charge in [0.15, 0.2) is 0 Å². The molecule has 2 saturated heterocycles. The Bertz CT molecular complexity index is 428. The van der Waals surface area contributed by atoms with Gasteiger partial charge < -0.3 is 19.2 Å². The molecule has 0 aromatic carbocycles. The van der Waals surface area contributed by atoms with Gasteiger partial charge in [0.1, 0.15) is 11.9 Å². The SMILES string of the molecule is COC(=O)[C@H]1[C@H](C=O)[C@H]2CC[C@@H]1N2C(=O)OC(C)(C)C. The summed E-state index contributed by atoms with van der Waals surface area (Å²) in [5.41, 5.74) is -0.601. The average Bonchev–Trinajstić information content (AvgIpc) is 2.90. The summed E-state index contributed by atoms with van der Waals surface area (Å²) in [7, 11) is 1.30. The summed E-state index contributed by atoms with van der Waals surface area (Å²) in [6.45, 7) is 5.37. The molecule has 2 bridgehead atoms. The van der Waals surface area contributed by atoms with Crippen LogP contribution in [0.15, 0.2) is 0 Å². The third kappa shape index (κ3) is 2.39. The highest BCUT2D eigenvalue weighted by Crippen LogP contribution is 2.46. The lowest BCUT2D eigenvalue weighted by Gasteiger charge is -2.27. The van der Waals surface area contributed by atoms with Gasteiger partial charge in [-0.2, -0.15) is 0 Å². The van der Waals surface area contributed by atoms with Crippen LogP contribution in [-0.2, 0) is 19.1 Å². The van der Waals surface area contributed by atoms with E-state index in [2.05, 4.69) is 0 Å². The highest BCUT2D eigenvalue weighted by Gasteiger charge is 2.59. The Labute approximate surface area is 118 Å². The number of carbonyl (C=O) groups excluding carboxylic acids is 3. The molecule has 20 heavy (non-hydrogen) atoms. The molecule has 0 aromatic rings. The van der Waals surface area contributed by atoms with Crippen molar-refractivity contribution in [3.8, 4) is 0 Å². The van der Waals surface area contributed by atoms with Crippen molar-refractivity contribution in [3.05, 3.63) is 0 Å². The molecule has 4 atom stereocenters. The van der Waals surface area contributed by atoms with Crippen molar-refractivity contribution in [1.29, 1.82) is 0 Å². The highest BCUT2D eigenvalue weighted by atomic mass is 16.6. The number of nitrogens with zero attached hydrogens (tertiary/aromatic N) is 1. The number of amides is 1. The molecule has 0 N–H and O–H groups in total. The maximum Gasteiger partial charge on any atom is 0.410 e. The van der Waals surface area contributed by atoms with Gasteiger partial charge in [0.25, 0.3) is 0 Å². The van der Waals surface area contributed by atoms with E-state index in [0.29, 0.717) is 6.42 Å². The second kappa shape index (κ2) is 5.07. The lowest BCUT2D eigenvalue weighted by molar-refractivity contribution is -0.149. The molecule has 0 saturated carbocycles. The standard InChI is InChI=1S/C14H21NO5/c1-14(2,3)20-13(18)15-9-5-6-10(15)11(8(9)7-16)12(17)19-4/h7-11H,5-6H2,1-4H3/t8-,9-,10+,11+/m1/s1. The van der Waals surface area contributed by atoms with Crippen molar-refractivity contribution >= 4 is 18.3 Å². The highest BCUT2D eigenvalue weighted by molar-refractivity contribution is 5.82. The molecule has 6 nitrogen and oxygen atoms in total. The second-order valence-corrected chi connectivity index (χ2v) is 6.36. The van der Waals surface area contributed by atoms with Gasteiger partial charge in [0.2, 0.25) is 0 Å². The number of rotatable bonds is 2. The molecule has 0 aliphatic carbocycles. The minimum Gasteiger partial charge on any atom is -0.469 e. The van der Waals surface area contributed by atoms with Gasteiger partial charge in [-0.25, -0.2) is 4.79 Å². The predicted molar refractivity (Wildman–Crippen MR) is 69.9 cm³/mol. The zero-order valence-electron chi connectivity index (χ0n) is 12.3. The number of hydrogen-bond donors (Lipinski definition) is 0. The van der Waals surface area contributed by atoms with E-state index in [1.54, 1.807) is 25.7 Å². The summed E-state index contributed by atoms with van der Waals surface area (Å²) >= 11 is 0. The van der Waals surface area contributed by atoms with Crippen LogP contribution in [0.25, 0.3) is 0 Å². The van der Waals surface area contributed by atoms with E-state index in [1.807, 2.05) is 0 Å². The molecule has 0 spiro atoms. The number of methoxy groups -OCH3 is 1. The average molecular weight is 283 g/mol. The van der Waals surface area contributed by atoms with Crippen LogP contribution in [0.4, 0.5) is 4.79 Å². The molecule has 0 aromatic heterocycles. The summed E-state index contributed by atoms with van der Waals surface area (Å²) in [6, 6.07) is -0.547. The first-order valence-electron chi connectivity index (χ1n) is 6.84. The molecular weight excluding hydrogens is 262 g/mol. The number of ether oxygens (including phenoxy) is 2. The first-order chi connectivity index (χ1) is 9.30. The van der Waals surface area contributed by atoms with Crippen LogP contribution < -0.4 is 0 Å². The monoisotopic (exact) mass is 283 g/mol. The zero-order chi connectivity index (χ0) is 15.1. The van der Waals surface area contributed by atoms with Crippen molar-refractivity contribution in [2.45, 2.75) is 51.3 Å². The quantitative estimate of drug-likeness (QED) is 0.565. The van der Waals surface area contributed by atoms with E-state index in [-0.39, 0.29) is 12.1 Å². The third-order valence-corrected chi connectivity index (χ3v) is 3.98. The molecule has 2 fully saturated rings. The topological polar surface area (TPSA) is 72.9 Å². The molecule has 2 rings (SSSR count). The Morgan fingerprint density at radius 2 is 1.80 bits per heavy atom. The normalized spacial score (nSPS) is 32.1. The first-order valence-corrected chi connectivity index (χ1v) is 6.84. The zero-order valence-corrected chi connectivity index (χ0v) is 12.3. The van der Waals surface area contributed by atoms with Crippen molar-refractivity contribution in [3.63, 3.8) is 0 Å². The maximum absolute atomic E-state index is 12.3. The molecule has 112 valence electrons. The van der Waals surface area contributed by atoms with Crippen LogP contribution in [0.3, 0.4) is 0 Å². The lowest BCUT2D eigenvalue weighted by Crippen LogP contribution is -2.41. The third-order valence-electron chi connectivity index (χ3n) is 3.98. The van der Waals surface area contributed by atoms with Gasteiger partial charge in [-0.15, -0.1) is 0 Å². The molecule has 0 unspecified atom stereocenters. The molecule has 1 amide bonds. The van der Waals surface area contributed by atoms with Crippen LogP contribution in [-0.4, -0.2) is 48.0 Å². The fourth-order valence-electron chi connectivity index (χ4n) is 3.30. The fraction of sp³-hybridized carbons (Fsp3) is 0.786. The van der Waals surface area contributed by atoms with Crippen molar-refractivity contribution in [1.82, 2.24) is 4.90 Å². The van der Waals surface area contributed by atoms with Gasteiger partial charge in [0.05, 0.1) is 18.9 Å². The molecule has 0 radical (unpaired) electrons. The van der Waals surface area contributed by atoms with Gasteiger partial charge in [-0.3, -0.25) is 4.79 Å².